The van der Waals surface area contributed by atoms with Crippen LogP contribution in [0.5, 0.6) is 0 Å². The molecule has 1 amide bonds. The van der Waals surface area contributed by atoms with Crippen LogP contribution in [0.1, 0.15) is 206 Å². The zero-order valence-electron chi connectivity index (χ0n) is 36.3. The summed E-state index contributed by atoms with van der Waals surface area (Å²) in [4.78, 5) is 13.1. The van der Waals surface area contributed by atoms with E-state index in [1.54, 1.807) is 0 Å². The molecule has 1 saturated heterocycles. The largest absolute Gasteiger partial charge is 0.394 e. The molecule has 57 heavy (non-hydrogen) atoms. The molecule has 0 aromatic carbocycles. The molecule has 0 aliphatic carbocycles. The summed E-state index contributed by atoms with van der Waals surface area (Å²) in [5.74, 6) is -0.705. The van der Waals surface area contributed by atoms with Gasteiger partial charge in [-0.25, -0.2) is 0 Å². The van der Waals surface area contributed by atoms with E-state index in [9.17, 15) is 40.5 Å². The Bertz CT molecular complexity index is 939. The minimum absolute atomic E-state index is 0.259. The molecule has 1 heterocycles. The summed E-state index contributed by atoms with van der Waals surface area (Å²) in [5, 5.41) is 75.5. The number of unbranched alkanes of at least 4 members (excludes halogenated alkanes) is 25. The fraction of sp³-hybridized carbons (Fsp3) is 0.935. The first-order valence-corrected chi connectivity index (χ1v) is 23.6. The van der Waals surface area contributed by atoms with Crippen molar-refractivity contribution in [2.45, 2.75) is 262 Å². The normalized spacial score (nSPS) is 22.2. The van der Waals surface area contributed by atoms with Crippen LogP contribution in [0, 0.1) is 0 Å². The summed E-state index contributed by atoms with van der Waals surface area (Å²) in [6, 6.07) is -1.18. The van der Waals surface area contributed by atoms with Crippen molar-refractivity contribution in [3.63, 3.8) is 0 Å². The number of aliphatic hydroxyl groups excluding tert-OH is 7. The SMILES string of the molecule is CCCCCCCC/C=C/CCCC(O)C(O)C(COC1OC(CO)C(O)C(O)C1O)NC(=O)C(O)CCCCCCCCCCCCCCCCCCCCC. The van der Waals surface area contributed by atoms with Crippen molar-refractivity contribution in [1.82, 2.24) is 5.32 Å². The second-order valence-electron chi connectivity index (χ2n) is 16.8. The number of amides is 1. The van der Waals surface area contributed by atoms with Crippen LogP contribution in [0.15, 0.2) is 12.2 Å². The van der Waals surface area contributed by atoms with E-state index >= 15 is 0 Å². The molecule has 11 heteroatoms. The molecule has 11 nitrogen and oxygen atoms in total. The van der Waals surface area contributed by atoms with Gasteiger partial charge in [-0.1, -0.05) is 180 Å². The van der Waals surface area contributed by atoms with Gasteiger partial charge < -0.3 is 50.5 Å². The van der Waals surface area contributed by atoms with Crippen molar-refractivity contribution in [2.75, 3.05) is 13.2 Å². The van der Waals surface area contributed by atoms with Gasteiger partial charge in [0.25, 0.3) is 0 Å². The lowest BCUT2D eigenvalue weighted by Crippen LogP contribution is -2.60. The third-order valence-corrected chi connectivity index (χ3v) is 11.6. The molecular formula is C46H89NO10. The van der Waals surface area contributed by atoms with Gasteiger partial charge in [0.05, 0.1) is 25.4 Å². The lowest BCUT2D eigenvalue weighted by atomic mass is 9.98. The maximum absolute atomic E-state index is 13.1. The molecule has 1 fully saturated rings. The molecule has 0 bridgehead atoms. The summed E-state index contributed by atoms with van der Waals surface area (Å²) in [6.45, 7) is 3.41. The van der Waals surface area contributed by atoms with Crippen LogP contribution in [-0.4, -0.2) is 110 Å². The molecule has 0 spiro atoms. The number of aliphatic hydroxyl groups is 7. The predicted octanol–water partition coefficient (Wildman–Crippen LogP) is 7.67. The highest BCUT2D eigenvalue weighted by Gasteiger charge is 2.44. The monoisotopic (exact) mass is 816 g/mol. The summed E-state index contributed by atoms with van der Waals surface area (Å²) < 4.78 is 11.1. The topological polar surface area (TPSA) is 189 Å². The Hall–Kier alpha value is -1.15. The molecule has 9 unspecified atom stereocenters. The third-order valence-electron chi connectivity index (χ3n) is 11.6. The average Bonchev–Trinajstić information content (AvgIpc) is 3.21. The van der Waals surface area contributed by atoms with E-state index in [0.29, 0.717) is 12.8 Å². The second kappa shape index (κ2) is 36.7. The molecular weight excluding hydrogens is 727 g/mol. The molecule has 0 aromatic heterocycles. The van der Waals surface area contributed by atoms with E-state index < -0.39 is 74.2 Å². The first-order chi connectivity index (χ1) is 27.7. The standard InChI is InChI=1S/C46H89NO10/c1-3-5-7-9-11-13-15-16-17-18-19-20-21-22-24-26-28-30-32-34-39(50)45(55)47-37(36-56-46-44(54)43(53)42(52)40(35-48)57-46)41(51)38(49)33-31-29-27-25-23-14-12-10-8-6-4-2/h25,27,37-44,46,48-54H,3-24,26,28-36H2,1-2H3,(H,47,55)/b27-25+. The number of hydrogen-bond donors (Lipinski definition) is 8. The van der Waals surface area contributed by atoms with E-state index in [4.69, 9.17) is 9.47 Å². The zero-order valence-corrected chi connectivity index (χ0v) is 36.3. The minimum atomic E-state index is -1.66. The first-order valence-electron chi connectivity index (χ1n) is 23.6. The summed E-state index contributed by atoms with van der Waals surface area (Å²) >= 11 is 0. The average molecular weight is 816 g/mol. The van der Waals surface area contributed by atoms with Crippen LogP contribution in [0.4, 0.5) is 0 Å². The Morgan fingerprint density at radius 2 is 1.04 bits per heavy atom. The molecule has 1 aliphatic rings. The van der Waals surface area contributed by atoms with Gasteiger partial charge in [0.2, 0.25) is 5.91 Å². The summed E-state index contributed by atoms with van der Waals surface area (Å²) in [7, 11) is 0. The lowest BCUT2D eigenvalue weighted by molar-refractivity contribution is -0.303. The number of carbonyl (C=O) groups excluding carboxylic acids is 1. The van der Waals surface area contributed by atoms with E-state index in [1.807, 2.05) is 0 Å². The number of nitrogens with one attached hydrogen (secondary N) is 1. The van der Waals surface area contributed by atoms with Gasteiger partial charge in [-0.05, 0) is 38.5 Å². The Morgan fingerprint density at radius 3 is 1.51 bits per heavy atom. The van der Waals surface area contributed by atoms with Crippen molar-refractivity contribution in [1.29, 1.82) is 0 Å². The number of carbonyl (C=O) groups is 1. The molecule has 9 atom stereocenters. The molecule has 0 saturated carbocycles. The summed E-state index contributed by atoms with van der Waals surface area (Å²) in [5.41, 5.74) is 0. The van der Waals surface area contributed by atoms with E-state index in [1.165, 1.54) is 128 Å². The number of allylic oxidation sites excluding steroid dienone is 2. The molecule has 338 valence electrons. The maximum Gasteiger partial charge on any atom is 0.249 e. The third kappa shape index (κ3) is 26.6. The van der Waals surface area contributed by atoms with Crippen LogP contribution in [0.3, 0.4) is 0 Å². The smallest absolute Gasteiger partial charge is 0.249 e. The summed E-state index contributed by atoms with van der Waals surface area (Å²) in [6.07, 6.45) is 27.0. The molecule has 8 N–H and O–H groups in total. The highest BCUT2D eigenvalue weighted by atomic mass is 16.7. The molecule has 0 radical (unpaired) electrons. The number of ether oxygens (including phenoxy) is 2. The van der Waals surface area contributed by atoms with Gasteiger partial charge in [-0.2, -0.15) is 0 Å². The fourth-order valence-corrected chi connectivity index (χ4v) is 7.62. The van der Waals surface area contributed by atoms with Crippen LogP contribution in [0.25, 0.3) is 0 Å². The Morgan fingerprint density at radius 1 is 0.596 bits per heavy atom. The van der Waals surface area contributed by atoms with Crippen molar-refractivity contribution in [2.24, 2.45) is 0 Å². The lowest BCUT2D eigenvalue weighted by Gasteiger charge is -2.40. The predicted molar refractivity (Wildman–Crippen MR) is 229 cm³/mol. The van der Waals surface area contributed by atoms with Crippen molar-refractivity contribution in [3.8, 4) is 0 Å². The van der Waals surface area contributed by atoms with Gasteiger partial charge in [0.1, 0.15) is 36.6 Å². The van der Waals surface area contributed by atoms with Crippen molar-refractivity contribution >= 4 is 5.91 Å². The van der Waals surface area contributed by atoms with Crippen molar-refractivity contribution < 1.29 is 50.0 Å². The van der Waals surface area contributed by atoms with Crippen LogP contribution < -0.4 is 5.32 Å². The second-order valence-corrected chi connectivity index (χ2v) is 16.8. The molecule has 0 aromatic rings. The van der Waals surface area contributed by atoms with Crippen LogP contribution in [-0.2, 0) is 14.3 Å². The van der Waals surface area contributed by atoms with Gasteiger partial charge in [-0.15, -0.1) is 0 Å². The quantitative estimate of drug-likeness (QED) is 0.0226. The van der Waals surface area contributed by atoms with E-state index in [2.05, 4.69) is 31.3 Å². The van der Waals surface area contributed by atoms with Gasteiger partial charge in [-0.3, -0.25) is 4.79 Å². The Kier molecular flexibility index (Phi) is 34.7. The highest BCUT2D eigenvalue weighted by Crippen LogP contribution is 2.23. The van der Waals surface area contributed by atoms with Crippen LogP contribution >= 0.6 is 0 Å². The fourth-order valence-electron chi connectivity index (χ4n) is 7.62. The highest BCUT2D eigenvalue weighted by molar-refractivity contribution is 5.80. The maximum atomic E-state index is 13.1. The van der Waals surface area contributed by atoms with E-state index in [-0.39, 0.29) is 12.8 Å². The Labute approximate surface area is 347 Å². The van der Waals surface area contributed by atoms with Gasteiger partial charge in [0, 0.05) is 0 Å². The Balaban J connectivity index is 2.41. The van der Waals surface area contributed by atoms with Crippen molar-refractivity contribution in [3.05, 3.63) is 12.2 Å². The molecule has 1 rings (SSSR count). The van der Waals surface area contributed by atoms with Gasteiger partial charge in [0.15, 0.2) is 6.29 Å². The number of hydrogen-bond acceptors (Lipinski definition) is 10. The van der Waals surface area contributed by atoms with Crippen LogP contribution in [0.2, 0.25) is 0 Å². The molecule has 1 aliphatic heterocycles. The van der Waals surface area contributed by atoms with E-state index in [0.717, 1.165) is 38.5 Å². The number of rotatable bonds is 39. The minimum Gasteiger partial charge on any atom is -0.394 e. The zero-order chi connectivity index (χ0) is 41.9. The first kappa shape index (κ1) is 53.9. The van der Waals surface area contributed by atoms with Gasteiger partial charge >= 0.3 is 0 Å².